The second kappa shape index (κ2) is 7.93. The molecule has 0 saturated heterocycles. The van der Waals surface area contributed by atoms with Crippen LogP contribution in [0, 0.1) is 11.8 Å². The Hall–Kier alpha value is -0.290. The van der Waals surface area contributed by atoms with Crippen LogP contribution in [0.1, 0.15) is 33.6 Å². The molecule has 0 aliphatic carbocycles. The number of hydrogen-bond acceptors (Lipinski definition) is 2. The summed E-state index contributed by atoms with van der Waals surface area (Å²) in [6, 6.07) is 0.373. The van der Waals surface area contributed by atoms with Gasteiger partial charge in [0, 0.05) is 12.6 Å². The second-order valence-corrected chi connectivity index (χ2v) is 4.80. The van der Waals surface area contributed by atoms with Crippen LogP contribution in [-0.4, -0.2) is 32.5 Å². The standard InChI is InChI=1S/C12H24F3NO/c1-9(2)11(10(3)16-4)6-5-7-17-8-12(13,14)15/h9-11,16H,5-8H2,1-4H3. The number of hydrogen-bond donors (Lipinski definition) is 1. The maximum atomic E-state index is 11.8. The highest BCUT2D eigenvalue weighted by atomic mass is 19.4. The zero-order chi connectivity index (χ0) is 13.5. The molecule has 2 nitrogen and oxygen atoms in total. The van der Waals surface area contributed by atoms with E-state index in [1.165, 1.54) is 0 Å². The molecule has 104 valence electrons. The molecule has 0 aliphatic heterocycles. The van der Waals surface area contributed by atoms with E-state index in [9.17, 15) is 13.2 Å². The van der Waals surface area contributed by atoms with Crippen LogP contribution in [0.4, 0.5) is 13.2 Å². The monoisotopic (exact) mass is 255 g/mol. The molecule has 0 radical (unpaired) electrons. The van der Waals surface area contributed by atoms with Gasteiger partial charge in [0.1, 0.15) is 6.61 Å². The van der Waals surface area contributed by atoms with Crippen molar-refractivity contribution in [1.29, 1.82) is 0 Å². The lowest BCUT2D eigenvalue weighted by molar-refractivity contribution is -0.174. The predicted octanol–water partition coefficient (Wildman–Crippen LogP) is 3.23. The molecule has 0 aromatic heterocycles. The molecule has 0 heterocycles. The molecule has 0 amide bonds. The molecule has 0 aliphatic rings. The fourth-order valence-electron chi connectivity index (χ4n) is 1.98. The number of nitrogens with one attached hydrogen (secondary N) is 1. The van der Waals surface area contributed by atoms with Crippen LogP contribution in [0.3, 0.4) is 0 Å². The minimum atomic E-state index is -4.21. The molecule has 5 heteroatoms. The molecule has 17 heavy (non-hydrogen) atoms. The SMILES string of the molecule is CNC(C)C(CCCOCC(F)(F)F)C(C)C. The van der Waals surface area contributed by atoms with Crippen molar-refractivity contribution in [2.75, 3.05) is 20.3 Å². The summed E-state index contributed by atoms with van der Waals surface area (Å²) in [7, 11) is 1.90. The Morgan fingerprint density at radius 1 is 1.18 bits per heavy atom. The fraction of sp³-hybridized carbons (Fsp3) is 1.00. The van der Waals surface area contributed by atoms with Gasteiger partial charge in [-0.05, 0) is 38.6 Å². The Labute approximate surface area is 102 Å². The zero-order valence-corrected chi connectivity index (χ0v) is 11.1. The van der Waals surface area contributed by atoms with Gasteiger partial charge in [0.05, 0.1) is 0 Å². The van der Waals surface area contributed by atoms with Gasteiger partial charge >= 0.3 is 6.18 Å². The largest absolute Gasteiger partial charge is 0.411 e. The van der Waals surface area contributed by atoms with Crippen LogP contribution in [0.2, 0.25) is 0 Å². The number of ether oxygens (including phenoxy) is 1. The van der Waals surface area contributed by atoms with E-state index >= 15 is 0 Å². The summed E-state index contributed by atoms with van der Waals surface area (Å²) in [5.41, 5.74) is 0. The Balaban J connectivity index is 3.76. The third-order valence-corrected chi connectivity index (χ3v) is 3.05. The van der Waals surface area contributed by atoms with Crippen molar-refractivity contribution in [3.63, 3.8) is 0 Å². The Morgan fingerprint density at radius 3 is 2.18 bits per heavy atom. The molecule has 0 fully saturated rings. The first-order valence-corrected chi connectivity index (χ1v) is 6.09. The smallest absolute Gasteiger partial charge is 0.372 e. The van der Waals surface area contributed by atoms with Crippen molar-refractivity contribution in [3.05, 3.63) is 0 Å². The summed E-state index contributed by atoms with van der Waals surface area (Å²) in [6.07, 6.45) is -2.65. The van der Waals surface area contributed by atoms with Crippen LogP contribution in [-0.2, 0) is 4.74 Å². The highest BCUT2D eigenvalue weighted by Crippen LogP contribution is 2.21. The molecule has 0 bridgehead atoms. The average Bonchev–Trinajstić information content (AvgIpc) is 2.20. The lowest BCUT2D eigenvalue weighted by Gasteiger charge is -2.27. The lowest BCUT2D eigenvalue weighted by Crippen LogP contribution is -2.33. The third-order valence-electron chi connectivity index (χ3n) is 3.05. The molecule has 1 N–H and O–H groups in total. The first-order valence-electron chi connectivity index (χ1n) is 6.09. The van der Waals surface area contributed by atoms with E-state index in [0.29, 0.717) is 24.3 Å². The van der Waals surface area contributed by atoms with Gasteiger partial charge in [-0.3, -0.25) is 0 Å². The summed E-state index contributed by atoms with van der Waals surface area (Å²) in [6.45, 7) is 5.41. The van der Waals surface area contributed by atoms with Crippen molar-refractivity contribution in [2.45, 2.75) is 45.8 Å². The molecule has 0 aromatic carbocycles. The van der Waals surface area contributed by atoms with Crippen LogP contribution in [0.25, 0.3) is 0 Å². The van der Waals surface area contributed by atoms with Crippen molar-refractivity contribution < 1.29 is 17.9 Å². The second-order valence-electron chi connectivity index (χ2n) is 4.80. The molecule has 2 atom stereocenters. The number of rotatable bonds is 8. The minimum absolute atomic E-state index is 0.180. The maximum Gasteiger partial charge on any atom is 0.411 e. The molecule has 2 unspecified atom stereocenters. The van der Waals surface area contributed by atoms with E-state index in [2.05, 4.69) is 30.8 Å². The van der Waals surface area contributed by atoms with Gasteiger partial charge in [0.15, 0.2) is 0 Å². The van der Waals surface area contributed by atoms with E-state index in [0.717, 1.165) is 6.42 Å². The molecule has 0 spiro atoms. The molecular weight excluding hydrogens is 231 g/mol. The average molecular weight is 255 g/mol. The molecule has 0 aromatic rings. The van der Waals surface area contributed by atoms with Crippen molar-refractivity contribution in [1.82, 2.24) is 5.32 Å². The van der Waals surface area contributed by atoms with Gasteiger partial charge < -0.3 is 10.1 Å². The summed E-state index contributed by atoms with van der Waals surface area (Å²) < 4.78 is 40.0. The van der Waals surface area contributed by atoms with Crippen LogP contribution < -0.4 is 5.32 Å². The Bertz CT molecular complexity index is 195. The van der Waals surface area contributed by atoms with Crippen molar-refractivity contribution in [3.8, 4) is 0 Å². The fourth-order valence-corrected chi connectivity index (χ4v) is 1.98. The van der Waals surface area contributed by atoms with Gasteiger partial charge in [-0.15, -0.1) is 0 Å². The molecule has 0 rings (SSSR count). The van der Waals surface area contributed by atoms with Crippen molar-refractivity contribution in [2.24, 2.45) is 11.8 Å². The van der Waals surface area contributed by atoms with Gasteiger partial charge in [-0.25, -0.2) is 0 Å². The van der Waals surface area contributed by atoms with E-state index in [-0.39, 0.29) is 6.61 Å². The summed E-state index contributed by atoms with van der Waals surface area (Å²) >= 11 is 0. The van der Waals surface area contributed by atoms with Gasteiger partial charge in [0.25, 0.3) is 0 Å². The van der Waals surface area contributed by atoms with Crippen molar-refractivity contribution >= 4 is 0 Å². The molecule has 0 saturated carbocycles. The minimum Gasteiger partial charge on any atom is -0.372 e. The van der Waals surface area contributed by atoms with Crippen LogP contribution >= 0.6 is 0 Å². The van der Waals surface area contributed by atoms with Gasteiger partial charge in [-0.1, -0.05) is 13.8 Å². The Morgan fingerprint density at radius 2 is 1.76 bits per heavy atom. The summed E-state index contributed by atoms with van der Waals surface area (Å²) in [4.78, 5) is 0. The zero-order valence-electron chi connectivity index (χ0n) is 11.1. The van der Waals surface area contributed by atoms with E-state index < -0.39 is 12.8 Å². The predicted molar refractivity (Wildman–Crippen MR) is 63.0 cm³/mol. The van der Waals surface area contributed by atoms with E-state index in [4.69, 9.17) is 0 Å². The van der Waals surface area contributed by atoms with E-state index in [1.807, 2.05) is 7.05 Å². The normalized spacial score (nSPS) is 16.2. The third kappa shape index (κ3) is 8.44. The summed E-state index contributed by atoms with van der Waals surface area (Å²) in [5.74, 6) is 0.981. The highest BCUT2D eigenvalue weighted by Gasteiger charge is 2.27. The summed E-state index contributed by atoms with van der Waals surface area (Å²) in [5, 5.41) is 3.19. The van der Waals surface area contributed by atoms with Crippen LogP contribution in [0.5, 0.6) is 0 Å². The first kappa shape index (κ1) is 16.7. The Kier molecular flexibility index (Phi) is 7.79. The van der Waals surface area contributed by atoms with Crippen LogP contribution in [0.15, 0.2) is 0 Å². The van der Waals surface area contributed by atoms with Gasteiger partial charge in [-0.2, -0.15) is 13.2 Å². The van der Waals surface area contributed by atoms with Gasteiger partial charge in [0.2, 0.25) is 0 Å². The topological polar surface area (TPSA) is 21.3 Å². The highest BCUT2D eigenvalue weighted by molar-refractivity contribution is 4.73. The number of alkyl halides is 3. The lowest BCUT2D eigenvalue weighted by atomic mass is 9.85. The molecular formula is C12H24F3NO. The van der Waals surface area contributed by atoms with E-state index in [1.54, 1.807) is 0 Å². The number of halogens is 3. The first-order chi connectivity index (χ1) is 7.78. The maximum absolute atomic E-state index is 11.8. The quantitative estimate of drug-likeness (QED) is 0.672.